The van der Waals surface area contributed by atoms with E-state index in [9.17, 15) is 4.79 Å². The molecule has 1 aromatic rings. The van der Waals surface area contributed by atoms with Crippen molar-refractivity contribution in [2.24, 2.45) is 5.92 Å². The second-order valence-corrected chi connectivity index (χ2v) is 5.31. The number of carbonyl (C=O) groups excluding carboxylic acids is 1. The number of nitrogens with zero attached hydrogens (tertiary/aromatic N) is 2. The third kappa shape index (κ3) is 6.77. The normalized spacial score (nSPS) is 10.5. The summed E-state index contributed by atoms with van der Waals surface area (Å²) in [6, 6.07) is 9.33. The van der Waals surface area contributed by atoms with Crippen LogP contribution in [0.15, 0.2) is 24.3 Å². The Morgan fingerprint density at radius 2 is 2.05 bits per heavy atom. The maximum atomic E-state index is 12.1. The largest absolute Gasteiger partial charge is 0.497 e. The van der Waals surface area contributed by atoms with Crippen LogP contribution in [0.2, 0.25) is 0 Å². The summed E-state index contributed by atoms with van der Waals surface area (Å²) in [6.45, 7) is 5.91. The lowest BCUT2D eigenvalue weighted by molar-refractivity contribution is -0.117. The average molecular weight is 289 g/mol. The predicted octanol–water partition coefficient (Wildman–Crippen LogP) is 2.51. The van der Waals surface area contributed by atoms with E-state index in [0.717, 1.165) is 18.0 Å². The van der Waals surface area contributed by atoms with E-state index in [-0.39, 0.29) is 5.91 Å². The highest BCUT2D eigenvalue weighted by molar-refractivity contribution is 5.92. The molecule has 0 bridgehead atoms. The molecule has 5 heteroatoms. The van der Waals surface area contributed by atoms with Crippen LogP contribution in [-0.4, -0.2) is 37.6 Å². The molecule has 1 aromatic carbocycles. The lowest BCUT2D eigenvalue weighted by atomic mass is 10.2. The number of nitrogens with one attached hydrogen (secondary N) is 1. The van der Waals surface area contributed by atoms with Crippen LogP contribution >= 0.6 is 0 Å². The quantitative estimate of drug-likeness (QED) is 0.798. The summed E-state index contributed by atoms with van der Waals surface area (Å²) < 4.78 is 5.08. The monoisotopic (exact) mass is 289 g/mol. The Balaban J connectivity index is 2.53. The van der Waals surface area contributed by atoms with Crippen LogP contribution in [-0.2, 0) is 4.79 Å². The highest BCUT2D eigenvalue weighted by Crippen LogP contribution is 2.15. The Bertz CT molecular complexity index is 477. The molecular weight excluding hydrogens is 266 g/mol. The zero-order valence-corrected chi connectivity index (χ0v) is 12.9. The fourth-order valence-electron chi connectivity index (χ4n) is 2.04. The Labute approximate surface area is 126 Å². The van der Waals surface area contributed by atoms with Crippen molar-refractivity contribution in [2.75, 3.05) is 32.1 Å². The molecule has 0 radical (unpaired) electrons. The van der Waals surface area contributed by atoms with Gasteiger partial charge in [0, 0.05) is 25.2 Å². The first-order valence-corrected chi connectivity index (χ1v) is 7.08. The minimum Gasteiger partial charge on any atom is -0.497 e. The first kappa shape index (κ1) is 17.0. The zero-order valence-electron chi connectivity index (χ0n) is 12.9. The number of benzene rings is 1. The minimum absolute atomic E-state index is 0.0706. The number of hydrogen-bond donors (Lipinski definition) is 1. The fourth-order valence-corrected chi connectivity index (χ4v) is 2.04. The lowest BCUT2D eigenvalue weighted by Crippen LogP contribution is -2.36. The molecule has 1 amide bonds. The molecule has 0 spiro atoms. The summed E-state index contributed by atoms with van der Waals surface area (Å²) in [5, 5.41) is 11.5. The SMILES string of the molecule is COc1ccc(NC(=O)CN(CCC#N)CC(C)C)cc1. The number of amides is 1. The highest BCUT2D eigenvalue weighted by Gasteiger charge is 2.12. The number of hydrogen-bond acceptors (Lipinski definition) is 4. The first-order chi connectivity index (χ1) is 10.0. The van der Waals surface area contributed by atoms with Gasteiger partial charge in [-0.3, -0.25) is 9.69 Å². The molecule has 1 N–H and O–H groups in total. The Morgan fingerprint density at radius 1 is 1.38 bits per heavy atom. The molecule has 0 unspecified atom stereocenters. The Morgan fingerprint density at radius 3 is 2.57 bits per heavy atom. The number of rotatable bonds is 8. The zero-order chi connectivity index (χ0) is 15.7. The highest BCUT2D eigenvalue weighted by atomic mass is 16.5. The molecule has 0 heterocycles. The Hall–Kier alpha value is -2.06. The summed E-state index contributed by atoms with van der Waals surface area (Å²) in [7, 11) is 1.60. The van der Waals surface area contributed by atoms with E-state index < -0.39 is 0 Å². The lowest BCUT2D eigenvalue weighted by Gasteiger charge is -2.22. The van der Waals surface area contributed by atoms with Crippen LogP contribution in [0.5, 0.6) is 5.75 Å². The van der Waals surface area contributed by atoms with E-state index in [1.54, 1.807) is 31.4 Å². The topological polar surface area (TPSA) is 65.4 Å². The third-order valence-corrected chi connectivity index (χ3v) is 2.90. The predicted molar refractivity (Wildman–Crippen MR) is 83.1 cm³/mol. The molecule has 0 aliphatic rings. The number of nitriles is 1. The number of carbonyl (C=O) groups is 1. The smallest absolute Gasteiger partial charge is 0.238 e. The van der Waals surface area contributed by atoms with Crippen molar-refractivity contribution in [1.82, 2.24) is 4.90 Å². The average Bonchev–Trinajstić information content (AvgIpc) is 2.45. The van der Waals surface area contributed by atoms with E-state index in [0.29, 0.717) is 25.4 Å². The van der Waals surface area contributed by atoms with Gasteiger partial charge in [-0.2, -0.15) is 5.26 Å². The molecule has 114 valence electrons. The van der Waals surface area contributed by atoms with Crippen LogP contribution in [0, 0.1) is 17.2 Å². The standard InChI is InChI=1S/C16H23N3O2/c1-13(2)11-19(10-4-9-17)12-16(20)18-14-5-7-15(21-3)8-6-14/h5-8,13H,4,10-12H2,1-3H3,(H,18,20). The van der Waals surface area contributed by atoms with Gasteiger partial charge >= 0.3 is 0 Å². The summed E-state index contributed by atoms with van der Waals surface area (Å²) >= 11 is 0. The molecule has 0 saturated carbocycles. The van der Waals surface area contributed by atoms with Crippen molar-refractivity contribution in [3.8, 4) is 11.8 Å². The van der Waals surface area contributed by atoms with Crippen molar-refractivity contribution < 1.29 is 9.53 Å². The van der Waals surface area contributed by atoms with Crippen LogP contribution in [0.1, 0.15) is 20.3 Å². The van der Waals surface area contributed by atoms with E-state index in [1.807, 2.05) is 4.90 Å². The molecule has 0 aliphatic carbocycles. The van der Waals surface area contributed by atoms with Gasteiger partial charge in [-0.1, -0.05) is 13.8 Å². The first-order valence-electron chi connectivity index (χ1n) is 7.08. The molecule has 0 atom stereocenters. The number of methoxy groups -OCH3 is 1. The van der Waals surface area contributed by atoms with Gasteiger partial charge in [-0.25, -0.2) is 0 Å². The van der Waals surface area contributed by atoms with Gasteiger partial charge in [0.1, 0.15) is 5.75 Å². The molecular formula is C16H23N3O2. The van der Waals surface area contributed by atoms with Crippen molar-refractivity contribution in [1.29, 1.82) is 5.26 Å². The van der Waals surface area contributed by atoms with Crippen LogP contribution < -0.4 is 10.1 Å². The van der Waals surface area contributed by atoms with Crippen LogP contribution in [0.4, 0.5) is 5.69 Å². The van der Waals surface area contributed by atoms with E-state index in [2.05, 4.69) is 25.2 Å². The summed E-state index contributed by atoms with van der Waals surface area (Å²) in [4.78, 5) is 14.1. The molecule has 0 fully saturated rings. The van der Waals surface area contributed by atoms with E-state index in [4.69, 9.17) is 10.00 Å². The van der Waals surface area contributed by atoms with Crippen LogP contribution in [0.25, 0.3) is 0 Å². The molecule has 0 saturated heterocycles. The maximum absolute atomic E-state index is 12.1. The molecule has 21 heavy (non-hydrogen) atoms. The molecule has 0 aromatic heterocycles. The van der Waals surface area contributed by atoms with E-state index in [1.165, 1.54) is 0 Å². The summed E-state index contributed by atoms with van der Waals surface area (Å²) in [5.74, 6) is 1.14. The van der Waals surface area contributed by atoms with Crippen LogP contribution in [0.3, 0.4) is 0 Å². The second-order valence-electron chi connectivity index (χ2n) is 5.31. The summed E-state index contributed by atoms with van der Waals surface area (Å²) in [6.07, 6.45) is 0.433. The van der Waals surface area contributed by atoms with Gasteiger partial charge in [-0.05, 0) is 30.2 Å². The third-order valence-electron chi connectivity index (χ3n) is 2.90. The maximum Gasteiger partial charge on any atom is 0.238 e. The summed E-state index contributed by atoms with van der Waals surface area (Å²) in [5.41, 5.74) is 0.741. The van der Waals surface area contributed by atoms with Gasteiger partial charge < -0.3 is 10.1 Å². The Kier molecular flexibility index (Phi) is 7.27. The minimum atomic E-state index is -0.0706. The van der Waals surface area contributed by atoms with Gasteiger partial charge in [0.05, 0.1) is 19.7 Å². The number of anilines is 1. The van der Waals surface area contributed by atoms with Gasteiger partial charge in [0.15, 0.2) is 0 Å². The fraction of sp³-hybridized carbons (Fsp3) is 0.500. The van der Waals surface area contributed by atoms with Gasteiger partial charge in [0.2, 0.25) is 5.91 Å². The van der Waals surface area contributed by atoms with Gasteiger partial charge in [0.25, 0.3) is 0 Å². The van der Waals surface area contributed by atoms with Gasteiger partial charge in [-0.15, -0.1) is 0 Å². The van der Waals surface area contributed by atoms with Crippen molar-refractivity contribution in [3.63, 3.8) is 0 Å². The molecule has 5 nitrogen and oxygen atoms in total. The van der Waals surface area contributed by atoms with Crippen molar-refractivity contribution in [2.45, 2.75) is 20.3 Å². The second kappa shape index (κ2) is 8.98. The van der Waals surface area contributed by atoms with E-state index >= 15 is 0 Å². The number of ether oxygens (including phenoxy) is 1. The van der Waals surface area contributed by atoms with Crippen molar-refractivity contribution >= 4 is 11.6 Å². The molecule has 1 rings (SSSR count). The van der Waals surface area contributed by atoms with Crippen molar-refractivity contribution in [3.05, 3.63) is 24.3 Å². The molecule has 0 aliphatic heterocycles.